The van der Waals surface area contributed by atoms with E-state index in [9.17, 15) is 0 Å². The Balaban J connectivity index is 0. The van der Waals surface area contributed by atoms with Crippen LogP contribution in [0.25, 0.3) is 0 Å². The maximum absolute atomic E-state index is 8.35. The van der Waals surface area contributed by atoms with Gasteiger partial charge < -0.3 is 13.3 Å². The number of hydrogen-bond donors (Lipinski definition) is 1. The quantitative estimate of drug-likeness (QED) is 0.238. The van der Waals surface area contributed by atoms with Gasteiger partial charge in [0.25, 0.3) is 0 Å². The highest BCUT2D eigenvalue weighted by molar-refractivity contribution is 6.60. The smallest absolute Gasteiger partial charge is 0.373 e. The Kier molecular flexibility index (Phi) is 19.0. The van der Waals surface area contributed by atoms with Gasteiger partial charge in [-0.25, -0.2) is 10.2 Å². The predicted octanol–water partition coefficient (Wildman–Crippen LogP) is 4.30. The highest BCUT2D eigenvalue weighted by atomic mass is 28.4. The number of hydrogen-bond acceptors (Lipinski definition) is 5. The van der Waals surface area contributed by atoms with E-state index in [1.165, 1.54) is 12.8 Å². The first-order chi connectivity index (χ1) is 10.2. The van der Waals surface area contributed by atoms with E-state index in [0.717, 1.165) is 57.6 Å². The first-order valence-electron chi connectivity index (χ1n) is 8.11. The van der Waals surface area contributed by atoms with E-state index in [4.69, 9.17) is 23.5 Å². The van der Waals surface area contributed by atoms with Crippen molar-refractivity contribution < 1.29 is 18.1 Å². The first kappa shape index (κ1) is 22.8. The zero-order chi connectivity index (χ0) is 16.4. The maximum atomic E-state index is 8.35. The first-order valence-corrected chi connectivity index (χ1v) is 10.0. The Morgan fingerprint density at radius 2 is 1.19 bits per heavy atom. The van der Waals surface area contributed by atoms with Crippen LogP contribution in [-0.2, 0) is 18.1 Å². The molecule has 0 aliphatic carbocycles. The third-order valence-electron chi connectivity index (χ3n) is 2.66. The third kappa shape index (κ3) is 14.2. The second-order valence-corrected chi connectivity index (χ2v) is 7.52. The molecule has 1 N–H and O–H groups in total. The SMILES string of the molecule is CCCCC[Si](OCCC)(OCCC)OCCC.N=C=O. The second-order valence-electron chi connectivity index (χ2n) is 4.79. The van der Waals surface area contributed by atoms with Gasteiger partial charge in [-0.05, 0) is 25.7 Å². The molecule has 5 nitrogen and oxygen atoms in total. The molecule has 21 heavy (non-hydrogen) atoms. The van der Waals surface area contributed by atoms with Gasteiger partial charge in [-0.15, -0.1) is 0 Å². The summed E-state index contributed by atoms with van der Waals surface area (Å²) in [6.45, 7) is 10.9. The van der Waals surface area contributed by atoms with Crippen molar-refractivity contribution in [2.24, 2.45) is 0 Å². The van der Waals surface area contributed by atoms with Crippen molar-refractivity contribution in [2.75, 3.05) is 19.8 Å². The number of nitrogens with one attached hydrogen (secondary N) is 1. The molecule has 6 heteroatoms. The summed E-state index contributed by atoms with van der Waals surface area (Å²) in [7, 11) is -2.40. The number of isocyanates is 1. The number of rotatable bonds is 13. The molecule has 0 fully saturated rings. The fourth-order valence-electron chi connectivity index (χ4n) is 1.71. The largest absolute Gasteiger partial charge is 0.500 e. The molecule has 0 aromatic heterocycles. The highest BCUT2D eigenvalue weighted by Crippen LogP contribution is 2.21. The molecule has 0 unspecified atom stereocenters. The Labute approximate surface area is 131 Å². The Morgan fingerprint density at radius 3 is 1.48 bits per heavy atom. The molecule has 0 atom stereocenters. The van der Waals surface area contributed by atoms with E-state index in [1.54, 1.807) is 0 Å². The average Bonchev–Trinajstić information content (AvgIpc) is 2.49. The summed E-state index contributed by atoms with van der Waals surface area (Å²) >= 11 is 0. The van der Waals surface area contributed by atoms with Crippen molar-refractivity contribution in [3.05, 3.63) is 0 Å². The summed E-state index contributed by atoms with van der Waals surface area (Å²) in [5.74, 6) is 0. The van der Waals surface area contributed by atoms with Crippen LogP contribution in [0, 0.1) is 5.41 Å². The molecule has 0 saturated heterocycles. The molecule has 0 aromatic carbocycles. The summed E-state index contributed by atoms with van der Waals surface area (Å²) in [5.41, 5.74) is 0. The monoisotopic (exact) mass is 319 g/mol. The van der Waals surface area contributed by atoms with Gasteiger partial charge >= 0.3 is 8.80 Å². The molecule has 0 spiro atoms. The molecule has 0 aliphatic rings. The lowest BCUT2D eigenvalue weighted by molar-refractivity contribution is 0.0586. The van der Waals surface area contributed by atoms with Crippen LogP contribution in [0.4, 0.5) is 0 Å². The third-order valence-corrected chi connectivity index (χ3v) is 5.56. The van der Waals surface area contributed by atoms with Crippen LogP contribution in [0.5, 0.6) is 0 Å². The van der Waals surface area contributed by atoms with E-state index in [2.05, 4.69) is 27.7 Å². The van der Waals surface area contributed by atoms with Crippen LogP contribution < -0.4 is 0 Å². The molecule has 0 rings (SSSR count). The minimum atomic E-state index is -2.40. The van der Waals surface area contributed by atoms with Crippen LogP contribution in [0.3, 0.4) is 0 Å². The zero-order valence-electron chi connectivity index (χ0n) is 14.2. The number of carbonyl (C=O) groups excluding carboxylic acids is 1. The van der Waals surface area contributed by atoms with E-state index in [-0.39, 0.29) is 0 Å². The van der Waals surface area contributed by atoms with Gasteiger partial charge in [0.2, 0.25) is 6.08 Å². The van der Waals surface area contributed by atoms with Gasteiger partial charge in [0, 0.05) is 25.9 Å². The van der Waals surface area contributed by atoms with Crippen molar-refractivity contribution in [1.29, 1.82) is 5.41 Å². The van der Waals surface area contributed by atoms with Crippen LogP contribution in [0.2, 0.25) is 6.04 Å². The minimum absolute atomic E-state index is 0.750. The predicted molar refractivity (Wildman–Crippen MR) is 87.2 cm³/mol. The van der Waals surface area contributed by atoms with Crippen molar-refractivity contribution in [3.8, 4) is 0 Å². The van der Waals surface area contributed by atoms with Crippen LogP contribution in [0.1, 0.15) is 66.2 Å². The van der Waals surface area contributed by atoms with E-state index in [0.29, 0.717) is 0 Å². The molecule has 0 saturated carbocycles. The molecule has 126 valence electrons. The fourth-order valence-corrected chi connectivity index (χ4v) is 4.62. The normalized spacial score (nSPS) is 10.7. The summed E-state index contributed by atoms with van der Waals surface area (Å²) in [4.78, 5) is 8.35. The van der Waals surface area contributed by atoms with E-state index >= 15 is 0 Å². The summed E-state index contributed by atoms with van der Waals surface area (Å²) in [6, 6.07) is 0.973. The van der Waals surface area contributed by atoms with Crippen LogP contribution >= 0.6 is 0 Å². The molecular formula is C15H33NO4Si. The second kappa shape index (κ2) is 17.5. The zero-order valence-corrected chi connectivity index (χ0v) is 15.2. The standard InChI is InChI=1S/C14H32O3Si.CHNO/c1-5-9-10-14-18(15-11-6-2,16-12-7-3)17-13-8-4;2-1-3/h5-14H2,1-4H3;2H. The van der Waals surface area contributed by atoms with Crippen molar-refractivity contribution in [1.82, 2.24) is 0 Å². The molecule has 0 aliphatic heterocycles. The molecule has 0 bridgehead atoms. The van der Waals surface area contributed by atoms with Gasteiger partial charge in [-0.3, -0.25) is 0 Å². The van der Waals surface area contributed by atoms with Gasteiger partial charge in [-0.1, -0.05) is 40.5 Å². The Morgan fingerprint density at radius 1 is 0.810 bits per heavy atom. The highest BCUT2D eigenvalue weighted by Gasteiger charge is 2.40. The molecular weight excluding hydrogens is 286 g/mol. The molecule has 0 heterocycles. The molecule has 0 amide bonds. The van der Waals surface area contributed by atoms with E-state index < -0.39 is 8.80 Å². The fraction of sp³-hybridized carbons (Fsp3) is 0.933. The minimum Gasteiger partial charge on any atom is -0.373 e. The summed E-state index contributed by atoms with van der Waals surface area (Å²) < 4.78 is 18.1. The topological polar surface area (TPSA) is 68.6 Å². The van der Waals surface area contributed by atoms with Gasteiger partial charge in [-0.2, -0.15) is 0 Å². The Hall–Kier alpha value is -0.523. The van der Waals surface area contributed by atoms with Crippen LogP contribution in [0.15, 0.2) is 0 Å². The van der Waals surface area contributed by atoms with Crippen molar-refractivity contribution in [2.45, 2.75) is 72.3 Å². The van der Waals surface area contributed by atoms with Crippen molar-refractivity contribution in [3.63, 3.8) is 0 Å². The molecule has 0 radical (unpaired) electrons. The maximum Gasteiger partial charge on any atom is 0.500 e. The summed E-state index contributed by atoms with van der Waals surface area (Å²) in [6.07, 6.45) is 7.42. The summed E-state index contributed by atoms with van der Waals surface area (Å²) in [5, 5.41) is 5.40. The van der Waals surface area contributed by atoms with E-state index in [1.807, 2.05) is 0 Å². The number of unbranched alkanes of at least 4 members (excludes halogenated alkanes) is 2. The molecule has 0 aromatic rings. The van der Waals surface area contributed by atoms with Gasteiger partial charge in [0.15, 0.2) is 0 Å². The average molecular weight is 320 g/mol. The van der Waals surface area contributed by atoms with Gasteiger partial charge in [0.1, 0.15) is 0 Å². The van der Waals surface area contributed by atoms with Crippen molar-refractivity contribution >= 4 is 14.9 Å². The van der Waals surface area contributed by atoms with Gasteiger partial charge in [0.05, 0.1) is 0 Å². The lowest BCUT2D eigenvalue weighted by Gasteiger charge is -2.29. The van der Waals surface area contributed by atoms with Crippen LogP contribution in [-0.4, -0.2) is 34.7 Å². The lowest BCUT2D eigenvalue weighted by atomic mass is 10.3. The Bertz CT molecular complexity index is 224. The lowest BCUT2D eigenvalue weighted by Crippen LogP contribution is -2.46.